The molecule has 0 fully saturated rings. The maximum absolute atomic E-state index is 6.53. The monoisotopic (exact) mass is 562 g/mol. The normalized spacial score (nSPS) is 11.1. The van der Waals surface area contributed by atoms with Crippen LogP contribution in [-0.2, 0) is 0 Å². The van der Waals surface area contributed by atoms with Gasteiger partial charge in [-0.2, -0.15) is 0 Å². The second kappa shape index (κ2) is 10.9. The Morgan fingerprint density at radius 1 is 0.571 bits per heavy atom. The Labute approximate surface area is 208 Å². The van der Waals surface area contributed by atoms with Gasteiger partial charge in [0.05, 0.1) is 10.0 Å². The molecular formula is C18H8Cl6S4. The highest BCUT2D eigenvalue weighted by Gasteiger charge is 2.17. The summed E-state index contributed by atoms with van der Waals surface area (Å²) in [5, 5.41) is 2.26. The third-order valence-electron chi connectivity index (χ3n) is 3.53. The first-order valence-corrected chi connectivity index (χ1v) is 14.4. The molecule has 0 amide bonds. The highest BCUT2D eigenvalue weighted by atomic mass is 35.7. The van der Waals surface area contributed by atoms with Crippen LogP contribution in [0, 0.1) is 0 Å². The predicted molar refractivity (Wildman–Crippen MR) is 133 cm³/mol. The summed E-state index contributed by atoms with van der Waals surface area (Å²) < 4.78 is 0. The average molecular weight is 565 g/mol. The summed E-state index contributed by atoms with van der Waals surface area (Å²) in [5.74, 6) is 0. The molecule has 0 nitrogen and oxygen atoms in total. The summed E-state index contributed by atoms with van der Waals surface area (Å²) in [5.41, 5.74) is 1.80. The molecule has 0 aliphatic rings. The number of hydrogen-bond acceptors (Lipinski definition) is 4. The van der Waals surface area contributed by atoms with Gasteiger partial charge in [0.25, 0.3) is 0 Å². The molecule has 0 saturated heterocycles. The molecule has 0 atom stereocenters. The lowest BCUT2D eigenvalue weighted by Crippen LogP contribution is -1.87. The molecule has 0 aliphatic heterocycles. The Morgan fingerprint density at radius 2 is 1.32 bits per heavy atom. The molecule has 146 valence electrons. The van der Waals surface area contributed by atoms with Gasteiger partial charge in [0.2, 0.25) is 0 Å². The molecule has 0 aliphatic carbocycles. The minimum absolute atomic E-state index is 0.542. The second-order valence-electron chi connectivity index (χ2n) is 5.32. The van der Waals surface area contributed by atoms with E-state index >= 15 is 0 Å². The standard InChI is InChI=1S/C18H8Cl6S4/c19-9-1-4-16(14(21)6-9)27-28-18-13(5-10(20)7-15(18)22)12-3-2-11(25-23)8-17(12)26-24/h1-8H. The third-order valence-corrected chi connectivity index (χ3v) is 9.30. The molecule has 10 heteroatoms. The van der Waals surface area contributed by atoms with Crippen molar-refractivity contribution in [1.29, 1.82) is 0 Å². The molecule has 0 unspecified atom stereocenters. The van der Waals surface area contributed by atoms with E-state index in [0.29, 0.717) is 20.1 Å². The first kappa shape index (κ1) is 23.5. The number of benzene rings is 3. The van der Waals surface area contributed by atoms with E-state index in [-0.39, 0.29) is 0 Å². The van der Waals surface area contributed by atoms with E-state index in [1.165, 1.54) is 21.6 Å². The summed E-state index contributed by atoms with van der Waals surface area (Å²) in [4.78, 5) is 3.51. The fourth-order valence-electron chi connectivity index (χ4n) is 2.31. The molecule has 0 bridgehead atoms. The van der Waals surface area contributed by atoms with Crippen molar-refractivity contribution in [3.63, 3.8) is 0 Å². The largest absolute Gasteiger partial charge is 0.0843 e. The smallest absolute Gasteiger partial charge is 0.0571 e. The summed E-state index contributed by atoms with van der Waals surface area (Å²) in [7, 11) is 17.2. The number of halogens is 6. The third kappa shape index (κ3) is 5.73. The average Bonchev–Trinajstić information content (AvgIpc) is 2.67. The molecular weight excluding hydrogens is 557 g/mol. The topological polar surface area (TPSA) is 0 Å². The lowest BCUT2D eigenvalue weighted by atomic mass is 10.1. The molecule has 0 radical (unpaired) electrons. The lowest BCUT2D eigenvalue weighted by Gasteiger charge is -2.15. The molecule has 3 aromatic rings. The van der Waals surface area contributed by atoms with Gasteiger partial charge in [-0.25, -0.2) is 0 Å². The maximum atomic E-state index is 6.53. The quantitative estimate of drug-likeness (QED) is 0.273. The van der Waals surface area contributed by atoms with Gasteiger partial charge in [0.15, 0.2) is 0 Å². The minimum Gasteiger partial charge on any atom is -0.0843 e. The van der Waals surface area contributed by atoms with Gasteiger partial charge in [-0.05, 0) is 91.3 Å². The van der Waals surface area contributed by atoms with E-state index in [4.69, 9.17) is 67.8 Å². The van der Waals surface area contributed by atoms with Crippen LogP contribution in [0.3, 0.4) is 0 Å². The van der Waals surface area contributed by atoms with E-state index in [1.54, 1.807) is 18.2 Å². The van der Waals surface area contributed by atoms with Crippen molar-refractivity contribution < 1.29 is 0 Å². The Balaban J connectivity index is 2.03. The van der Waals surface area contributed by atoms with Crippen molar-refractivity contribution in [2.45, 2.75) is 19.6 Å². The van der Waals surface area contributed by atoms with Crippen LogP contribution >= 0.6 is 111 Å². The minimum atomic E-state index is 0.542. The molecule has 28 heavy (non-hydrogen) atoms. The summed E-state index contributed by atoms with van der Waals surface area (Å²) >= 11 is 25.1. The zero-order valence-electron chi connectivity index (χ0n) is 13.5. The zero-order valence-corrected chi connectivity index (χ0v) is 21.3. The SMILES string of the molecule is ClSc1ccc(-c2cc(Cl)cc(Cl)c2SSc2ccc(Cl)cc2Cl)c(SCl)c1. The lowest BCUT2D eigenvalue weighted by molar-refractivity contribution is 1.32. The first-order valence-electron chi connectivity index (χ1n) is 7.43. The van der Waals surface area contributed by atoms with E-state index in [0.717, 1.165) is 52.7 Å². The molecule has 0 saturated carbocycles. The summed E-state index contributed by atoms with van der Waals surface area (Å²) in [6.45, 7) is 0. The van der Waals surface area contributed by atoms with Gasteiger partial charge in [-0.1, -0.05) is 74.1 Å². The molecule has 0 heterocycles. The van der Waals surface area contributed by atoms with Crippen LogP contribution in [0.25, 0.3) is 11.1 Å². The van der Waals surface area contributed by atoms with Gasteiger partial charge in [-0.15, -0.1) is 0 Å². The zero-order chi connectivity index (χ0) is 20.3. The van der Waals surface area contributed by atoms with Gasteiger partial charge < -0.3 is 0 Å². The Kier molecular flexibility index (Phi) is 9.13. The Bertz CT molecular complexity index is 1010. The number of hydrogen-bond donors (Lipinski definition) is 0. The predicted octanol–water partition coefficient (Wildman–Crippen LogP) is 11.3. The van der Waals surface area contributed by atoms with E-state index in [9.17, 15) is 0 Å². The van der Waals surface area contributed by atoms with Crippen LogP contribution in [0.5, 0.6) is 0 Å². The van der Waals surface area contributed by atoms with Gasteiger partial charge in [0, 0.05) is 35.2 Å². The Hall–Kier alpha value is 0.800. The Morgan fingerprint density at radius 3 is 2.00 bits per heavy atom. The van der Waals surface area contributed by atoms with Crippen molar-refractivity contribution >= 4 is 111 Å². The second-order valence-corrected chi connectivity index (χ2v) is 11.3. The van der Waals surface area contributed by atoms with Crippen molar-refractivity contribution in [3.8, 4) is 11.1 Å². The first-order chi connectivity index (χ1) is 13.4. The molecule has 3 aromatic carbocycles. The highest BCUT2D eigenvalue weighted by Crippen LogP contribution is 2.50. The summed E-state index contributed by atoms with van der Waals surface area (Å²) in [6.07, 6.45) is 0. The van der Waals surface area contributed by atoms with Gasteiger partial charge in [-0.3, -0.25) is 0 Å². The van der Waals surface area contributed by atoms with Gasteiger partial charge >= 0.3 is 0 Å². The highest BCUT2D eigenvalue weighted by molar-refractivity contribution is 8.76. The van der Waals surface area contributed by atoms with E-state index in [2.05, 4.69) is 0 Å². The van der Waals surface area contributed by atoms with Crippen LogP contribution in [0.15, 0.2) is 68.1 Å². The van der Waals surface area contributed by atoms with Gasteiger partial charge in [0.1, 0.15) is 0 Å². The fourth-order valence-corrected chi connectivity index (χ4v) is 7.51. The van der Waals surface area contributed by atoms with Crippen LogP contribution in [-0.4, -0.2) is 0 Å². The van der Waals surface area contributed by atoms with Crippen molar-refractivity contribution in [3.05, 3.63) is 68.6 Å². The van der Waals surface area contributed by atoms with Crippen molar-refractivity contribution in [2.24, 2.45) is 0 Å². The molecule has 0 spiro atoms. The van der Waals surface area contributed by atoms with Crippen LogP contribution in [0.1, 0.15) is 0 Å². The fraction of sp³-hybridized carbons (Fsp3) is 0. The molecule has 3 rings (SSSR count). The van der Waals surface area contributed by atoms with Crippen LogP contribution < -0.4 is 0 Å². The van der Waals surface area contributed by atoms with Crippen LogP contribution in [0.4, 0.5) is 0 Å². The van der Waals surface area contributed by atoms with Crippen molar-refractivity contribution in [1.82, 2.24) is 0 Å². The molecule has 0 aromatic heterocycles. The van der Waals surface area contributed by atoms with Crippen LogP contribution in [0.2, 0.25) is 20.1 Å². The van der Waals surface area contributed by atoms with E-state index < -0.39 is 0 Å². The van der Waals surface area contributed by atoms with Crippen molar-refractivity contribution in [2.75, 3.05) is 0 Å². The maximum Gasteiger partial charge on any atom is 0.0571 e. The summed E-state index contributed by atoms with van der Waals surface area (Å²) in [6, 6.07) is 14.8. The number of rotatable bonds is 6. The van der Waals surface area contributed by atoms with E-state index in [1.807, 2.05) is 30.3 Å². The molecule has 0 N–H and O–H groups in total.